The molecule has 2 aromatic carbocycles. The van der Waals surface area contributed by atoms with Crippen LogP contribution in [0.25, 0.3) is 10.8 Å². The number of nitrogens with two attached hydrogens (primary N) is 1. The molecule has 18 heavy (non-hydrogen) atoms. The van der Waals surface area contributed by atoms with Crippen LogP contribution >= 0.6 is 0 Å². The predicted molar refractivity (Wildman–Crippen MR) is 77.7 cm³/mol. The van der Waals surface area contributed by atoms with Crippen LogP contribution in [0.4, 0.5) is 0 Å². The highest BCUT2D eigenvalue weighted by Crippen LogP contribution is 2.54. The molecule has 1 saturated carbocycles. The van der Waals surface area contributed by atoms with E-state index in [2.05, 4.69) is 56.3 Å². The summed E-state index contributed by atoms with van der Waals surface area (Å²) in [6.45, 7) is 4.60. The van der Waals surface area contributed by atoms with Crippen LogP contribution in [0.15, 0.2) is 42.5 Å². The lowest BCUT2D eigenvalue weighted by Crippen LogP contribution is -2.54. The Bertz CT molecular complexity index is 569. The van der Waals surface area contributed by atoms with E-state index in [0.29, 0.717) is 12.0 Å². The first-order valence-electron chi connectivity index (χ1n) is 6.90. The zero-order valence-electron chi connectivity index (χ0n) is 11.2. The largest absolute Gasteiger partial charge is 0.327 e. The van der Waals surface area contributed by atoms with Crippen molar-refractivity contribution < 1.29 is 0 Å². The van der Waals surface area contributed by atoms with E-state index < -0.39 is 0 Å². The van der Waals surface area contributed by atoms with Gasteiger partial charge in [-0.05, 0) is 40.5 Å². The van der Waals surface area contributed by atoms with Crippen molar-refractivity contribution in [3.63, 3.8) is 0 Å². The van der Waals surface area contributed by atoms with Crippen molar-refractivity contribution in [1.82, 2.24) is 0 Å². The Morgan fingerprint density at radius 2 is 1.89 bits per heavy atom. The van der Waals surface area contributed by atoms with Gasteiger partial charge in [0.05, 0.1) is 0 Å². The van der Waals surface area contributed by atoms with E-state index in [4.69, 9.17) is 5.73 Å². The first-order chi connectivity index (χ1) is 8.66. The molecule has 2 N–H and O–H groups in total. The highest BCUT2D eigenvalue weighted by Gasteiger charge is 2.49. The second kappa shape index (κ2) is 4.10. The van der Waals surface area contributed by atoms with Gasteiger partial charge < -0.3 is 5.73 Å². The van der Waals surface area contributed by atoms with E-state index in [9.17, 15) is 0 Å². The normalized spacial score (nSPS) is 31.3. The lowest BCUT2D eigenvalue weighted by atomic mass is 9.54. The summed E-state index contributed by atoms with van der Waals surface area (Å²) < 4.78 is 0. The minimum absolute atomic E-state index is 0.268. The third-order valence-corrected chi connectivity index (χ3v) is 5.09. The molecular weight excluding hydrogens is 218 g/mol. The summed E-state index contributed by atoms with van der Waals surface area (Å²) in [6, 6.07) is 15.7. The van der Waals surface area contributed by atoms with Gasteiger partial charge in [-0.15, -0.1) is 0 Å². The summed E-state index contributed by atoms with van der Waals surface area (Å²) in [5.74, 6) is 0.614. The Balaban J connectivity index is 2.11. The molecule has 0 amide bonds. The van der Waals surface area contributed by atoms with E-state index in [0.717, 1.165) is 12.8 Å². The van der Waals surface area contributed by atoms with Crippen LogP contribution in [0.2, 0.25) is 0 Å². The van der Waals surface area contributed by atoms with Crippen LogP contribution < -0.4 is 5.73 Å². The number of benzene rings is 2. The maximum absolute atomic E-state index is 6.24. The molecule has 0 aliphatic heterocycles. The monoisotopic (exact) mass is 239 g/mol. The van der Waals surface area contributed by atoms with Gasteiger partial charge in [-0.25, -0.2) is 0 Å². The second-order valence-electron chi connectivity index (χ2n) is 5.82. The Morgan fingerprint density at radius 1 is 1.17 bits per heavy atom. The van der Waals surface area contributed by atoms with Crippen LogP contribution in [-0.2, 0) is 0 Å². The SMILES string of the molecule is CCC1(C)C(N)CC1c1cccc2ccccc12. The zero-order chi connectivity index (χ0) is 12.8. The molecule has 0 heterocycles. The lowest BCUT2D eigenvalue weighted by molar-refractivity contribution is 0.0715. The number of fused-ring (bicyclic) bond motifs is 1. The summed E-state index contributed by atoms with van der Waals surface area (Å²) in [5.41, 5.74) is 7.99. The van der Waals surface area contributed by atoms with Crippen LogP contribution in [0.5, 0.6) is 0 Å². The average Bonchev–Trinajstić information content (AvgIpc) is 2.43. The van der Waals surface area contributed by atoms with E-state index in [-0.39, 0.29) is 5.41 Å². The van der Waals surface area contributed by atoms with Crippen molar-refractivity contribution in [3.8, 4) is 0 Å². The quantitative estimate of drug-likeness (QED) is 0.840. The molecule has 0 aromatic heterocycles. The van der Waals surface area contributed by atoms with E-state index in [1.54, 1.807) is 0 Å². The fraction of sp³-hybridized carbons (Fsp3) is 0.412. The van der Waals surface area contributed by atoms with Crippen LogP contribution in [0.1, 0.15) is 38.2 Å². The van der Waals surface area contributed by atoms with Crippen LogP contribution in [-0.4, -0.2) is 6.04 Å². The predicted octanol–water partition coefficient (Wildman–Crippen LogP) is 4.07. The lowest BCUT2D eigenvalue weighted by Gasteiger charge is -2.53. The average molecular weight is 239 g/mol. The van der Waals surface area contributed by atoms with E-state index in [1.807, 2.05) is 0 Å². The molecule has 2 aromatic rings. The summed E-state index contributed by atoms with van der Waals surface area (Å²) in [6.07, 6.45) is 2.28. The molecule has 1 aliphatic rings. The molecule has 3 atom stereocenters. The first kappa shape index (κ1) is 11.7. The van der Waals surface area contributed by atoms with Gasteiger partial charge in [0.1, 0.15) is 0 Å². The van der Waals surface area contributed by atoms with Crippen LogP contribution in [0, 0.1) is 5.41 Å². The highest BCUT2D eigenvalue weighted by atomic mass is 14.8. The molecule has 0 spiro atoms. The molecule has 1 heteroatoms. The molecule has 1 aliphatic carbocycles. The maximum Gasteiger partial charge on any atom is 0.0105 e. The van der Waals surface area contributed by atoms with Crippen molar-refractivity contribution in [2.24, 2.45) is 11.1 Å². The molecule has 3 rings (SSSR count). The fourth-order valence-corrected chi connectivity index (χ4v) is 3.44. The summed E-state index contributed by atoms with van der Waals surface area (Å²) in [5, 5.41) is 2.74. The summed E-state index contributed by atoms with van der Waals surface area (Å²) in [7, 11) is 0. The number of hydrogen-bond donors (Lipinski definition) is 1. The van der Waals surface area contributed by atoms with Gasteiger partial charge in [0, 0.05) is 6.04 Å². The number of hydrogen-bond acceptors (Lipinski definition) is 1. The maximum atomic E-state index is 6.24. The van der Waals surface area contributed by atoms with Gasteiger partial charge in [-0.1, -0.05) is 56.3 Å². The second-order valence-corrected chi connectivity index (χ2v) is 5.82. The summed E-state index contributed by atoms with van der Waals surface area (Å²) >= 11 is 0. The van der Waals surface area contributed by atoms with E-state index >= 15 is 0 Å². The van der Waals surface area contributed by atoms with Gasteiger partial charge in [0.15, 0.2) is 0 Å². The molecule has 0 bridgehead atoms. The van der Waals surface area contributed by atoms with Crippen molar-refractivity contribution in [2.75, 3.05) is 0 Å². The molecule has 94 valence electrons. The smallest absolute Gasteiger partial charge is 0.0105 e. The molecule has 1 fully saturated rings. The topological polar surface area (TPSA) is 26.0 Å². The van der Waals surface area contributed by atoms with E-state index in [1.165, 1.54) is 16.3 Å². The van der Waals surface area contributed by atoms with Crippen LogP contribution in [0.3, 0.4) is 0 Å². The van der Waals surface area contributed by atoms with Gasteiger partial charge in [0.2, 0.25) is 0 Å². The van der Waals surface area contributed by atoms with Gasteiger partial charge in [-0.2, -0.15) is 0 Å². The molecular formula is C17H21N. The standard InChI is InChI=1S/C17H21N/c1-3-17(2)15(11-16(17)18)14-10-6-8-12-7-4-5-9-13(12)14/h4-10,15-16H,3,11,18H2,1-2H3. The van der Waals surface area contributed by atoms with Crippen molar-refractivity contribution in [1.29, 1.82) is 0 Å². The summed E-state index contributed by atoms with van der Waals surface area (Å²) in [4.78, 5) is 0. The molecule has 0 radical (unpaired) electrons. The third kappa shape index (κ3) is 1.50. The fourth-order valence-electron chi connectivity index (χ4n) is 3.44. The van der Waals surface area contributed by atoms with Crippen molar-refractivity contribution in [3.05, 3.63) is 48.0 Å². The first-order valence-corrected chi connectivity index (χ1v) is 6.90. The van der Waals surface area contributed by atoms with Crippen molar-refractivity contribution >= 4 is 10.8 Å². The van der Waals surface area contributed by atoms with Crippen molar-refractivity contribution in [2.45, 2.75) is 38.6 Å². The minimum Gasteiger partial charge on any atom is -0.327 e. The Hall–Kier alpha value is -1.34. The Kier molecular flexibility index (Phi) is 2.67. The minimum atomic E-state index is 0.268. The Morgan fingerprint density at radius 3 is 2.61 bits per heavy atom. The van der Waals surface area contributed by atoms with Gasteiger partial charge in [-0.3, -0.25) is 0 Å². The third-order valence-electron chi connectivity index (χ3n) is 5.09. The number of rotatable bonds is 2. The molecule has 3 unspecified atom stereocenters. The zero-order valence-corrected chi connectivity index (χ0v) is 11.2. The molecule has 1 nitrogen and oxygen atoms in total. The van der Waals surface area contributed by atoms with Gasteiger partial charge in [0.25, 0.3) is 0 Å². The Labute approximate surface area is 109 Å². The highest BCUT2D eigenvalue weighted by molar-refractivity contribution is 5.86. The van der Waals surface area contributed by atoms with Gasteiger partial charge >= 0.3 is 0 Å². The molecule has 0 saturated heterocycles.